The summed E-state index contributed by atoms with van der Waals surface area (Å²) in [7, 11) is -3.42. The number of para-hydroxylation sites is 2. The van der Waals surface area contributed by atoms with E-state index in [1.807, 2.05) is 51.1 Å². The van der Waals surface area contributed by atoms with Crippen LogP contribution in [0.25, 0.3) is 5.69 Å². The van der Waals surface area contributed by atoms with Crippen molar-refractivity contribution in [3.63, 3.8) is 0 Å². The van der Waals surface area contributed by atoms with Crippen LogP contribution >= 0.6 is 0 Å². The summed E-state index contributed by atoms with van der Waals surface area (Å²) in [5.41, 5.74) is 0.287. The molecule has 29 heavy (non-hydrogen) atoms. The average Bonchev–Trinajstić information content (AvgIpc) is 3.08. The zero-order chi connectivity index (χ0) is 21.0. The van der Waals surface area contributed by atoms with Crippen molar-refractivity contribution in [2.75, 3.05) is 19.3 Å². The molecular formula is C21H26N2O5S. The zero-order valence-corrected chi connectivity index (χ0v) is 18.0. The van der Waals surface area contributed by atoms with E-state index in [4.69, 9.17) is 9.47 Å². The van der Waals surface area contributed by atoms with E-state index < -0.39 is 21.0 Å². The summed E-state index contributed by atoms with van der Waals surface area (Å²) in [5.74, 6) is 0.645. The minimum absolute atomic E-state index is 0.247. The third-order valence-electron chi connectivity index (χ3n) is 5.33. The number of sulfone groups is 1. The number of aromatic nitrogens is 1. The van der Waals surface area contributed by atoms with Crippen LogP contribution < -0.4 is 4.74 Å². The molecule has 1 amide bonds. The van der Waals surface area contributed by atoms with Crippen molar-refractivity contribution in [1.82, 2.24) is 9.47 Å². The van der Waals surface area contributed by atoms with Gasteiger partial charge >= 0.3 is 6.09 Å². The SMILES string of the molecule is CC(C)(C)OC(=O)N1CCC2(CC1)Oc1ccccc1-n1c2ccc1S(C)(=O)=O. The van der Waals surface area contributed by atoms with Gasteiger partial charge in [-0.25, -0.2) is 13.2 Å². The molecule has 4 rings (SSSR count). The standard InChI is InChI=1S/C21H26N2O5S/c1-20(2,3)28-19(24)22-13-11-21(12-14-22)17-9-10-18(29(4,25)26)23(17)15-7-5-6-8-16(15)27-21/h5-10H,11-14H2,1-4H3. The molecule has 2 aliphatic rings. The zero-order valence-electron chi connectivity index (χ0n) is 17.1. The Labute approximate surface area is 171 Å². The molecule has 3 heterocycles. The van der Waals surface area contributed by atoms with Gasteiger partial charge in [-0.05, 0) is 45.0 Å². The fraction of sp³-hybridized carbons (Fsp3) is 0.476. The number of nitrogens with zero attached hydrogens (tertiary/aromatic N) is 2. The Morgan fingerprint density at radius 3 is 2.38 bits per heavy atom. The van der Waals surface area contributed by atoms with Gasteiger partial charge < -0.3 is 14.4 Å². The molecular weight excluding hydrogens is 392 g/mol. The lowest BCUT2D eigenvalue weighted by atomic mass is 9.86. The number of hydrogen-bond donors (Lipinski definition) is 0. The number of ether oxygens (including phenoxy) is 2. The van der Waals surface area contributed by atoms with E-state index in [0.717, 1.165) is 5.69 Å². The molecule has 7 nitrogen and oxygen atoms in total. The van der Waals surface area contributed by atoms with Gasteiger partial charge in [0.15, 0.2) is 15.4 Å². The molecule has 8 heteroatoms. The summed E-state index contributed by atoms with van der Waals surface area (Å²) >= 11 is 0. The summed E-state index contributed by atoms with van der Waals surface area (Å²) < 4.78 is 38.5. The Morgan fingerprint density at radius 1 is 1.10 bits per heavy atom. The molecule has 0 saturated carbocycles. The van der Waals surface area contributed by atoms with Gasteiger partial charge in [0, 0.05) is 32.2 Å². The number of hydrogen-bond acceptors (Lipinski definition) is 5. The molecule has 2 aliphatic heterocycles. The fourth-order valence-electron chi connectivity index (χ4n) is 4.04. The van der Waals surface area contributed by atoms with E-state index in [-0.39, 0.29) is 11.1 Å². The largest absolute Gasteiger partial charge is 0.479 e. The number of likely N-dealkylation sites (tertiary alicyclic amines) is 1. The van der Waals surface area contributed by atoms with Crippen LogP contribution in [0.1, 0.15) is 39.3 Å². The van der Waals surface area contributed by atoms with Gasteiger partial charge in [0.05, 0.1) is 11.4 Å². The summed E-state index contributed by atoms with van der Waals surface area (Å²) in [6, 6.07) is 10.9. The second-order valence-corrected chi connectivity index (χ2v) is 10.7. The maximum atomic E-state index is 12.4. The minimum atomic E-state index is -3.42. The topological polar surface area (TPSA) is 77.8 Å². The van der Waals surface area contributed by atoms with Crippen LogP contribution in [0.4, 0.5) is 4.79 Å². The minimum Gasteiger partial charge on any atom is -0.479 e. The van der Waals surface area contributed by atoms with Crippen molar-refractivity contribution in [1.29, 1.82) is 0 Å². The summed E-state index contributed by atoms with van der Waals surface area (Å²) in [4.78, 5) is 14.1. The van der Waals surface area contributed by atoms with Crippen LogP contribution in [0.3, 0.4) is 0 Å². The number of carbonyl (C=O) groups is 1. The van der Waals surface area contributed by atoms with Gasteiger partial charge in [0.1, 0.15) is 16.4 Å². The third kappa shape index (κ3) is 3.50. The van der Waals surface area contributed by atoms with Crippen LogP contribution in [-0.4, -0.2) is 48.9 Å². The highest BCUT2D eigenvalue weighted by molar-refractivity contribution is 7.90. The summed E-state index contributed by atoms with van der Waals surface area (Å²) in [6.07, 6.45) is 1.98. The highest BCUT2D eigenvalue weighted by Gasteiger charge is 2.46. The van der Waals surface area contributed by atoms with Crippen LogP contribution in [0.15, 0.2) is 41.4 Å². The van der Waals surface area contributed by atoms with E-state index in [1.54, 1.807) is 15.5 Å². The lowest BCUT2D eigenvalue weighted by Crippen LogP contribution is -2.51. The smallest absolute Gasteiger partial charge is 0.410 e. The van der Waals surface area contributed by atoms with Gasteiger partial charge in [-0.3, -0.25) is 4.57 Å². The van der Waals surface area contributed by atoms with Crippen LogP contribution in [0, 0.1) is 0 Å². The quantitative estimate of drug-likeness (QED) is 0.708. The van der Waals surface area contributed by atoms with Gasteiger partial charge in [-0.2, -0.15) is 0 Å². The van der Waals surface area contributed by atoms with E-state index in [2.05, 4.69) is 0 Å². The number of benzene rings is 1. The van der Waals surface area contributed by atoms with Crippen molar-refractivity contribution in [2.45, 2.75) is 49.8 Å². The summed E-state index contributed by atoms with van der Waals surface area (Å²) in [5, 5.41) is 0.247. The molecule has 156 valence electrons. The lowest BCUT2D eigenvalue weighted by molar-refractivity contribution is -0.0272. The molecule has 0 unspecified atom stereocenters. The van der Waals surface area contributed by atoms with Crippen LogP contribution in [0.5, 0.6) is 5.75 Å². The molecule has 0 bridgehead atoms. The number of fused-ring (bicyclic) bond motifs is 4. The summed E-state index contributed by atoms with van der Waals surface area (Å²) in [6.45, 7) is 6.47. The first kappa shape index (κ1) is 19.8. The molecule has 0 radical (unpaired) electrons. The maximum absolute atomic E-state index is 12.4. The molecule has 1 fully saturated rings. The molecule has 1 aromatic carbocycles. The van der Waals surface area contributed by atoms with Gasteiger partial charge in [0.2, 0.25) is 0 Å². The highest BCUT2D eigenvalue weighted by atomic mass is 32.2. The Hall–Kier alpha value is -2.48. The van der Waals surface area contributed by atoms with Crippen molar-refractivity contribution in [3.05, 3.63) is 42.1 Å². The predicted molar refractivity (Wildman–Crippen MR) is 108 cm³/mol. The number of rotatable bonds is 1. The Kier molecular flexibility index (Phi) is 4.45. The fourth-order valence-corrected chi connectivity index (χ4v) is 4.88. The van der Waals surface area contributed by atoms with Gasteiger partial charge in [0.25, 0.3) is 0 Å². The van der Waals surface area contributed by atoms with E-state index in [9.17, 15) is 13.2 Å². The number of amides is 1. The molecule has 0 atom stereocenters. The average molecular weight is 419 g/mol. The monoisotopic (exact) mass is 418 g/mol. The van der Waals surface area contributed by atoms with Crippen molar-refractivity contribution in [2.24, 2.45) is 0 Å². The Morgan fingerprint density at radius 2 is 1.76 bits per heavy atom. The normalized spacial score (nSPS) is 18.0. The third-order valence-corrected chi connectivity index (χ3v) is 6.40. The molecule has 0 N–H and O–H groups in total. The van der Waals surface area contributed by atoms with E-state index in [0.29, 0.717) is 37.4 Å². The molecule has 1 saturated heterocycles. The van der Waals surface area contributed by atoms with Gasteiger partial charge in [-0.15, -0.1) is 0 Å². The van der Waals surface area contributed by atoms with Crippen molar-refractivity contribution in [3.8, 4) is 11.4 Å². The maximum Gasteiger partial charge on any atom is 0.410 e. The lowest BCUT2D eigenvalue weighted by Gasteiger charge is -2.45. The van der Waals surface area contributed by atoms with E-state index in [1.165, 1.54) is 6.26 Å². The van der Waals surface area contributed by atoms with E-state index >= 15 is 0 Å². The second-order valence-electron chi connectivity index (χ2n) is 8.70. The first-order valence-electron chi connectivity index (χ1n) is 9.69. The van der Waals surface area contributed by atoms with Gasteiger partial charge in [-0.1, -0.05) is 12.1 Å². The van der Waals surface area contributed by atoms with Crippen LogP contribution in [0.2, 0.25) is 0 Å². The Bertz CT molecular complexity index is 1060. The first-order valence-corrected chi connectivity index (χ1v) is 11.6. The Balaban J connectivity index is 1.70. The van der Waals surface area contributed by atoms with Crippen LogP contribution in [-0.2, 0) is 20.2 Å². The van der Waals surface area contributed by atoms with Crippen molar-refractivity contribution >= 4 is 15.9 Å². The number of carbonyl (C=O) groups excluding carboxylic acids is 1. The molecule has 1 spiro atoms. The molecule has 2 aromatic rings. The number of piperidine rings is 1. The highest BCUT2D eigenvalue weighted by Crippen LogP contribution is 2.46. The predicted octanol–water partition coefficient (Wildman–Crippen LogP) is 3.50. The first-order chi connectivity index (χ1) is 13.5. The molecule has 1 aromatic heterocycles. The van der Waals surface area contributed by atoms with Crippen molar-refractivity contribution < 1.29 is 22.7 Å². The second kappa shape index (κ2) is 6.52. The molecule has 0 aliphatic carbocycles.